The highest BCUT2D eigenvalue weighted by Gasteiger charge is 2.37. The van der Waals surface area contributed by atoms with Crippen LogP contribution in [0.15, 0.2) is 41.7 Å². The Labute approximate surface area is 144 Å². The second-order valence-electron chi connectivity index (χ2n) is 6.19. The number of hydrogen-bond acceptors (Lipinski definition) is 5. The van der Waals surface area contributed by atoms with Gasteiger partial charge in [-0.2, -0.15) is 5.10 Å². The fourth-order valence-electron chi connectivity index (χ4n) is 3.53. The van der Waals surface area contributed by atoms with E-state index in [1.807, 2.05) is 24.3 Å². The summed E-state index contributed by atoms with van der Waals surface area (Å²) < 4.78 is 6.89. The number of Topliss-reactive ketones (excluding diaryl/α,β-unsaturated/α-hetero) is 1. The zero-order valence-corrected chi connectivity index (χ0v) is 13.8. The van der Waals surface area contributed by atoms with Crippen LogP contribution >= 0.6 is 0 Å². The number of amides is 1. The molecule has 0 bridgehead atoms. The molecular formula is C18H18N4O3. The van der Waals surface area contributed by atoms with E-state index in [1.165, 1.54) is 6.20 Å². The van der Waals surface area contributed by atoms with Crippen LogP contribution in [0.1, 0.15) is 41.2 Å². The first kappa shape index (κ1) is 15.4. The number of nitrogens with zero attached hydrogens (tertiary/aromatic N) is 2. The van der Waals surface area contributed by atoms with E-state index in [1.54, 1.807) is 11.8 Å². The Morgan fingerprint density at radius 3 is 2.76 bits per heavy atom. The summed E-state index contributed by atoms with van der Waals surface area (Å²) in [4.78, 5) is 24.3. The van der Waals surface area contributed by atoms with Crippen LogP contribution in [0.5, 0.6) is 5.75 Å². The maximum atomic E-state index is 12.6. The number of nitrogens with one attached hydrogen (secondary N) is 1. The first-order chi connectivity index (χ1) is 12.1. The molecule has 1 aromatic carbocycles. The number of carbonyl (C=O) groups excluding carboxylic acids is 2. The number of hydrogen-bond donors (Lipinski definition) is 2. The molecule has 3 N–H and O–H groups in total. The third-order valence-corrected chi connectivity index (χ3v) is 4.74. The number of primary amides is 1. The summed E-state index contributed by atoms with van der Waals surface area (Å²) in [6.07, 6.45) is 3.52. The molecule has 2 aromatic rings. The number of aromatic nitrogens is 2. The molecule has 1 aliphatic carbocycles. The number of benzene rings is 1. The molecule has 0 saturated heterocycles. The summed E-state index contributed by atoms with van der Waals surface area (Å²) in [6, 6.07) is 7.15. The van der Waals surface area contributed by atoms with Crippen molar-refractivity contribution in [2.24, 2.45) is 5.73 Å². The number of allylic oxidation sites excluding steroid dienone is 2. The first-order valence-electron chi connectivity index (χ1n) is 8.14. The summed E-state index contributed by atoms with van der Waals surface area (Å²) in [7, 11) is 1.61. The van der Waals surface area contributed by atoms with Crippen molar-refractivity contribution in [2.45, 2.75) is 25.3 Å². The Balaban J connectivity index is 1.90. The van der Waals surface area contributed by atoms with Crippen molar-refractivity contribution in [2.75, 3.05) is 12.4 Å². The van der Waals surface area contributed by atoms with Gasteiger partial charge in [0.2, 0.25) is 0 Å². The third-order valence-electron chi connectivity index (χ3n) is 4.74. The summed E-state index contributed by atoms with van der Waals surface area (Å²) in [6.45, 7) is 0. The Morgan fingerprint density at radius 1 is 1.32 bits per heavy atom. The van der Waals surface area contributed by atoms with E-state index in [-0.39, 0.29) is 11.8 Å². The zero-order chi connectivity index (χ0) is 17.6. The van der Waals surface area contributed by atoms with Crippen molar-refractivity contribution in [3.8, 4) is 5.75 Å². The molecular weight excluding hydrogens is 320 g/mol. The molecule has 0 saturated carbocycles. The highest BCUT2D eigenvalue weighted by molar-refractivity contribution is 6.02. The van der Waals surface area contributed by atoms with Crippen molar-refractivity contribution in [1.82, 2.24) is 9.78 Å². The zero-order valence-electron chi connectivity index (χ0n) is 13.8. The SMILES string of the molecule is COc1ccc(C2C3=C(CCCC3=O)Nc3c(C(N)=O)cnn32)cc1. The number of methoxy groups -OCH3 is 1. The van der Waals surface area contributed by atoms with Crippen molar-refractivity contribution in [1.29, 1.82) is 0 Å². The van der Waals surface area contributed by atoms with Gasteiger partial charge >= 0.3 is 0 Å². The molecule has 4 rings (SSSR count). The van der Waals surface area contributed by atoms with E-state index >= 15 is 0 Å². The molecule has 7 nitrogen and oxygen atoms in total. The van der Waals surface area contributed by atoms with Gasteiger partial charge in [-0.05, 0) is 30.5 Å². The summed E-state index contributed by atoms with van der Waals surface area (Å²) in [5, 5.41) is 7.55. The smallest absolute Gasteiger partial charge is 0.254 e. The minimum Gasteiger partial charge on any atom is -0.497 e. The topological polar surface area (TPSA) is 99.2 Å². The van der Waals surface area contributed by atoms with E-state index in [9.17, 15) is 9.59 Å². The molecule has 0 fully saturated rings. The highest BCUT2D eigenvalue weighted by Crippen LogP contribution is 2.41. The van der Waals surface area contributed by atoms with Gasteiger partial charge in [-0.25, -0.2) is 4.68 Å². The standard InChI is InChI=1S/C18H18N4O3/c1-25-11-7-5-10(6-8-11)16-15-13(3-2-4-14(15)23)21-18-12(17(19)24)9-20-22(16)18/h5-9,16,21H,2-4H2,1H3,(H2,19,24). The van der Waals surface area contributed by atoms with Gasteiger partial charge in [0.25, 0.3) is 5.91 Å². The van der Waals surface area contributed by atoms with Crippen molar-refractivity contribution >= 4 is 17.5 Å². The molecule has 1 aliphatic heterocycles. The van der Waals surface area contributed by atoms with Crippen LogP contribution in [-0.4, -0.2) is 28.6 Å². The predicted molar refractivity (Wildman–Crippen MR) is 91.4 cm³/mol. The van der Waals surface area contributed by atoms with Crippen LogP contribution in [0.4, 0.5) is 5.82 Å². The fraction of sp³-hybridized carbons (Fsp3) is 0.278. The van der Waals surface area contributed by atoms with E-state index in [2.05, 4.69) is 10.4 Å². The van der Waals surface area contributed by atoms with Gasteiger partial charge < -0.3 is 15.8 Å². The van der Waals surface area contributed by atoms with Gasteiger partial charge in [-0.3, -0.25) is 9.59 Å². The predicted octanol–water partition coefficient (Wildman–Crippen LogP) is 2.01. The number of anilines is 1. The average Bonchev–Trinajstić information content (AvgIpc) is 3.04. The Bertz CT molecular complexity index is 896. The van der Waals surface area contributed by atoms with Gasteiger partial charge in [0.15, 0.2) is 5.78 Å². The molecule has 128 valence electrons. The molecule has 1 amide bonds. The lowest BCUT2D eigenvalue weighted by Gasteiger charge is -2.33. The lowest BCUT2D eigenvalue weighted by Crippen LogP contribution is -2.32. The average molecular weight is 338 g/mol. The van der Waals surface area contributed by atoms with E-state index in [0.29, 0.717) is 23.4 Å². The molecule has 25 heavy (non-hydrogen) atoms. The maximum absolute atomic E-state index is 12.6. The first-order valence-corrected chi connectivity index (χ1v) is 8.14. The van der Waals surface area contributed by atoms with Gasteiger partial charge in [-0.15, -0.1) is 0 Å². The Morgan fingerprint density at radius 2 is 2.08 bits per heavy atom. The quantitative estimate of drug-likeness (QED) is 0.892. The van der Waals surface area contributed by atoms with Crippen molar-refractivity contribution in [3.05, 3.63) is 52.9 Å². The number of nitrogens with two attached hydrogens (primary N) is 1. The van der Waals surface area contributed by atoms with E-state index < -0.39 is 5.91 Å². The lowest BCUT2D eigenvalue weighted by molar-refractivity contribution is -0.116. The monoisotopic (exact) mass is 338 g/mol. The van der Waals surface area contributed by atoms with Crippen LogP contribution in [0.2, 0.25) is 0 Å². The van der Waals surface area contributed by atoms with Gasteiger partial charge in [0.05, 0.1) is 13.3 Å². The van der Waals surface area contributed by atoms with Crippen LogP contribution in [0, 0.1) is 0 Å². The van der Waals surface area contributed by atoms with Crippen molar-refractivity contribution < 1.29 is 14.3 Å². The number of ketones is 1. The van der Waals surface area contributed by atoms with Crippen LogP contribution < -0.4 is 15.8 Å². The fourth-order valence-corrected chi connectivity index (χ4v) is 3.53. The molecule has 1 atom stereocenters. The minimum atomic E-state index is -0.548. The molecule has 7 heteroatoms. The lowest BCUT2D eigenvalue weighted by atomic mass is 9.85. The second-order valence-corrected chi connectivity index (χ2v) is 6.19. The largest absolute Gasteiger partial charge is 0.497 e. The van der Waals surface area contributed by atoms with E-state index in [0.717, 1.165) is 29.9 Å². The number of carbonyl (C=O) groups is 2. The highest BCUT2D eigenvalue weighted by atomic mass is 16.5. The third kappa shape index (κ3) is 2.39. The van der Waals surface area contributed by atoms with Gasteiger partial charge in [-0.1, -0.05) is 12.1 Å². The van der Waals surface area contributed by atoms with Gasteiger partial charge in [0, 0.05) is 17.7 Å². The van der Waals surface area contributed by atoms with E-state index in [4.69, 9.17) is 10.5 Å². The molecule has 2 heterocycles. The second kappa shape index (κ2) is 5.77. The molecule has 1 aromatic heterocycles. The number of rotatable bonds is 3. The van der Waals surface area contributed by atoms with Crippen LogP contribution in [-0.2, 0) is 4.79 Å². The normalized spacial score (nSPS) is 19.1. The Hall–Kier alpha value is -3.09. The summed E-state index contributed by atoms with van der Waals surface area (Å²) in [5.74, 6) is 0.840. The molecule has 0 radical (unpaired) electrons. The number of ether oxygens (including phenoxy) is 1. The van der Waals surface area contributed by atoms with Gasteiger partial charge in [0.1, 0.15) is 23.2 Å². The van der Waals surface area contributed by atoms with Crippen molar-refractivity contribution in [3.63, 3.8) is 0 Å². The maximum Gasteiger partial charge on any atom is 0.254 e. The molecule has 0 spiro atoms. The van der Waals surface area contributed by atoms with Crippen LogP contribution in [0.3, 0.4) is 0 Å². The summed E-state index contributed by atoms with van der Waals surface area (Å²) >= 11 is 0. The molecule has 2 aliphatic rings. The number of fused-ring (bicyclic) bond motifs is 1. The Kier molecular flexibility index (Phi) is 3.56. The molecule has 1 unspecified atom stereocenters. The van der Waals surface area contributed by atoms with Crippen LogP contribution in [0.25, 0.3) is 0 Å². The summed E-state index contributed by atoms with van der Waals surface area (Å²) in [5.41, 5.74) is 8.26. The minimum absolute atomic E-state index is 0.108.